The van der Waals surface area contributed by atoms with Crippen LogP contribution < -0.4 is 19.7 Å². The topological polar surface area (TPSA) is 67.9 Å². The minimum atomic E-state index is -0.464. The number of hydrogen-bond donors (Lipinski definition) is 1. The predicted molar refractivity (Wildman–Crippen MR) is 126 cm³/mol. The molecule has 1 N–H and O–H groups in total. The summed E-state index contributed by atoms with van der Waals surface area (Å²) in [5.41, 5.74) is 1.14. The number of ether oxygens (including phenoxy) is 2. The summed E-state index contributed by atoms with van der Waals surface area (Å²) in [6.45, 7) is 0. The molecule has 0 saturated carbocycles. The number of anilines is 2. The number of rotatable bonds is 7. The van der Waals surface area contributed by atoms with Gasteiger partial charge in [0.25, 0.3) is 11.8 Å². The van der Waals surface area contributed by atoms with Crippen LogP contribution in [-0.4, -0.2) is 26.0 Å². The van der Waals surface area contributed by atoms with Crippen molar-refractivity contribution in [3.63, 3.8) is 0 Å². The van der Waals surface area contributed by atoms with E-state index >= 15 is 0 Å². The van der Waals surface area contributed by atoms with E-state index in [1.54, 1.807) is 49.6 Å². The first-order valence-corrected chi connectivity index (χ1v) is 10.8. The highest BCUT2D eigenvalue weighted by Crippen LogP contribution is 2.39. The van der Waals surface area contributed by atoms with Gasteiger partial charge in [-0.2, -0.15) is 0 Å². The van der Waals surface area contributed by atoms with Crippen molar-refractivity contribution >= 4 is 46.6 Å². The molecule has 0 bridgehead atoms. The molecule has 0 aromatic heterocycles. The number of amides is 2. The van der Waals surface area contributed by atoms with Crippen molar-refractivity contribution in [1.82, 2.24) is 0 Å². The fourth-order valence-electron chi connectivity index (χ4n) is 3.18. The molecule has 0 aliphatic carbocycles. The Bertz CT molecular complexity index is 1200. The number of carbonyl (C=O) groups excluding carboxylic acids is 2. The maximum absolute atomic E-state index is 13.4. The Morgan fingerprint density at radius 1 is 0.875 bits per heavy atom. The van der Waals surface area contributed by atoms with Crippen LogP contribution in [0.2, 0.25) is 5.02 Å². The standard InChI is InChI=1S/C24H19ClN2O4S/c1-30-17-12-13-19(20(14-17)31-2)26-21-22(32-18-6-4-3-5-7-18)24(29)27(23(21)28)16-10-8-15(25)9-11-16/h3-14,26H,1-2H3. The maximum atomic E-state index is 13.4. The lowest BCUT2D eigenvalue weighted by molar-refractivity contribution is -0.120. The number of nitrogens with zero attached hydrogens (tertiary/aromatic N) is 1. The van der Waals surface area contributed by atoms with Crippen LogP contribution in [0.1, 0.15) is 0 Å². The van der Waals surface area contributed by atoms with Crippen LogP contribution in [0.3, 0.4) is 0 Å². The van der Waals surface area contributed by atoms with Crippen LogP contribution >= 0.6 is 23.4 Å². The van der Waals surface area contributed by atoms with Gasteiger partial charge in [0.1, 0.15) is 22.1 Å². The summed E-state index contributed by atoms with van der Waals surface area (Å²) in [6, 6.07) is 21.1. The summed E-state index contributed by atoms with van der Waals surface area (Å²) in [5.74, 6) is 0.206. The summed E-state index contributed by atoms with van der Waals surface area (Å²) >= 11 is 7.21. The molecular formula is C24H19ClN2O4S. The van der Waals surface area contributed by atoms with E-state index in [1.807, 2.05) is 30.3 Å². The van der Waals surface area contributed by atoms with E-state index in [4.69, 9.17) is 21.1 Å². The third-order valence-corrected chi connectivity index (χ3v) is 6.10. The third-order valence-electron chi connectivity index (χ3n) is 4.76. The summed E-state index contributed by atoms with van der Waals surface area (Å²) in [5, 5.41) is 3.63. The Morgan fingerprint density at radius 3 is 2.25 bits per heavy atom. The highest BCUT2D eigenvalue weighted by Gasteiger charge is 2.40. The lowest BCUT2D eigenvalue weighted by Crippen LogP contribution is -2.32. The fraction of sp³-hybridized carbons (Fsp3) is 0.0833. The van der Waals surface area contributed by atoms with E-state index < -0.39 is 11.8 Å². The molecular weight excluding hydrogens is 448 g/mol. The summed E-state index contributed by atoms with van der Waals surface area (Å²) in [7, 11) is 3.08. The molecule has 6 nitrogen and oxygen atoms in total. The van der Waals surface area contributed by atoms with Crippen molar-refractivity contribution in [3.05, 3.63) is 88.4 Å². The molecule has 0 fully saturated rings. The molecule has 1 aliphatic rings. The van der Waals surface area contributed by atoms with E-state index in [2.05, 4.69) is 5.32 Å². The second-order valence-corrected chi connectivity index (χ2v) is 8.25. The van der Waals surface area contributed by atoms with Crippen molar-refractivity contribution in [1.29, 1.82) is 0 Å². The first kappa shape index (κ1) is 21.8. The largest absolute Gasteiger partial charge is 0.497 e. The van der Waals surface area contributed by atoms with Crippen molar-refractivity contribution in [2.45, 2.75) is 4.90 Å². The van der Waals surface area contributed by atoms with Crippen LogP contribution in [0.15, 0.2) is 88.3 Å². The van der Waals surface area contributed by atoms with Gasteiger partial charge in [-0.1, -0.05) is 41.6 Å². The van der Waals surface area contributed by atoms with E-state index in [1.165, 1.54) is 18.9 Å². The molecule has 1 aliphatic heterocycles. The van der Waals surface area contributed by atoms with Crippen molar-refractivity contribution in [2.24, 2.45) is 0 Å². The molecule has 0 atom stereocenters. The maximum Gasteiger partial charge on any atom is 0.283 e. The second kappa shape index (κ2) is 9.38. The van der Waals surface area contributed by atoms with E-state index in [9.17, 15) is 9.59 Å². The SMILES string of the molecule is COc1ccc(NC2=C(Sc3ccccc3)C(=O)N(c3ccc(Cl)cc3)C2=O)c(OC)c1. The van der Waals surface area contributed by atoms with Gasteiger partial charge in [-0.3, -0.25) is 9.59 Å². The highest BCUT2D eigenvalue weighted by atomic mass is 35.5. The van der Waals surface area contributed by atoms with Crippen molar-refractivity contribution in [2.75, 3.05) is 24.4 Å². The van der Waals surface area contributed by atoms with Crippen LogP contribution in [0, 0.1) is 0 Å². The minimum absolute atomic E-state index is 0.169. The van der Waals surface area contributed by atoms with Crippen LogP contribution in [-0.2, 0) is 9.59 Å². The number of nitrogens with one attached hydrogen (secondary N) is 1. The number of benzene rings is 3. The lowest BCUT2D eigenvalue weighted by atomic mass is 10.2. The lowest BCUT2D eigenvalue weighted by Gasteiger charge is -2.16. The van der Waals surface area contributed by atoms with Gasteiger partial charge in [0, 0.05) is 16.0 Å². The molecule has 162 valence electrons. The molecule has 32 heavy (non-hydrogen) atoms. The van der Waals surface area contributed by atoms with E-state index in [-0.39, 0.29) is 10.6 Å². The number of imide groups is 1. The Balaban J connectivity index is 1.76. The first-order valence-electron chi connectivity index (χ1n) is 9.62. The zero-order chi connectivity index (χ0) is 22.7. The van der Waals surface area contributed by atoms with Crippen molar-refractivity contribution in [3.8, 4) is 11.5 Å². The first-order chi connectivity index (χ1) is 15.5. The molecule has 1 heterocycles. The summed E-state index contributed by atoms with van der Waals surface area (Å²) in [4.78, 5) is 29.0. The van der Waals surface area contributed by atoms with Crippen LogP contribution in [0.5, 0.6) is 11.5 Å². The van der Waals surface area contributed by atoms with E-state index in [0.29, 0.717) is 27.9 Å². The quantitative estimate of drug-likeness (QED) is 0.474. The summed E-state index contributed by atoms with van der Waals surface area (Å²) < 4.78 is 10.7. The fourth-order valence-corrected chi connectivity index (χ4v) is 4.26. The van der Waals surface area contributed by atoms with Gasteiger partial charge in [0.05, 0.1) is 25.6 Å². The Labute approximate surface area is 194 Å². The average Bonchev–Trinajstić information content (AvgIpc) is 3.04. The number of carbonyl (C=O) groups is 2. The molecule has 3 aromatic rings. The molecule has 0 radical (unpaired) electrons. The van der Waals surface area contributed by atoms with Gasteiger partial charge in [-0.05, 0) is 48.5 Å². The number of methoxy groups -OCH3 is 2. The van der Waals surface area contributed by atoms with Gasteiger partial charge in [-0.15, -0.1) is 0 Å². The molecule has 3 aromatic carbocycles. The Morgan fingerprint density at radius 2 is 1.59 bits per heavy atom. The zero-order valence-corrected chi connectivity index (χ0v) is 18.9. The molecule has 2 amide bonds. The second-order valence-electron chi connectivity index (χ2n) is 6.73. The number of halogens is 1. The number of hydrogen-bond acceptors (Lipinski definition) is 6. The van der Waals surface area contributed by atoms with Gasteiger partial charge < -0.3 is 14.8 Å². The Hall–Kier alpha value is -3.42. The normalized spacial score (nSPS) is 13.5. The van der Waals surface area contributed by atoms with Crippen molar-refractivity contribution < 1.29 is 19.1 Å². The van der Waals surface area contributed by atoms with Crippen LogP contribution in [0.4, 0.5) is 11.4 Å². The molecule has 8 heteroatoms. The zero-order valence-electron chi connectivity index (χ0n) is 17.3. The monoisotopic (exact) mass is 466 g/mol. The van der Waals surface area contributed by atoms with E-state index in [0.717, 1.165) is 9.80 Å². The molecule has 0 unspecified atom stereocenters. The van der Waals surface area contributed by atoms with Gasteiger partial charge in [0.15, 0.2) is 0 Å². The molecule has 0 saturated heterocycles. The smallest absolute Gasteiger partial charge is 0.283 e. The highest BCUT2D eigenvalue weighted by molar-refractivity contribution is 8.04. The predicted octanol–water partition coefficient (Wildman–Crippen LogP) is 5.35. The van der Waals surface area contributed by atoms with Gasteiger partial charge in [-0.25, -0.2) is 4.90 Å². The average molecular weight is 467 g/mol. The van der Waals surface area contributed by atoms with Gasteiger partial charge >= 0.3 is 0 Å². The third kappa shape index (κ3) is 4.30. The Kier molecular flexibility index (Phi) is 6.39. The summed E-state index contributed by atoms with van der Waals surface area (Å²) in [6.07, 6.45) is 0. The number of thioether (sulfide) groups is 1. The molecule has 4 rings (SSSR count). The van der Waals surface area contributed by atoms with Crippen LogP contribution in [0.25, 0.3) is 0 Å². The van der Waals surface area contributed by atoms with Gasteiger partial charge in [0.2, 0.25) is 0 Å². The molecule has 0 spiro atoms. The minimum Gasteiger partial charge on any atom is -0.497 e.